The molecule has 12 heavy (non-hydrogen) atoms. The van der Waals surface area contributed by atoms with Gasteiger partial charge in [0.2, 0.25) is 0 Å². The van der Waals surface area contributed by atoms with Crippen LogP contribution in [0.1, 0.15) is 6.42 Å². The van der Waals surface area contributed by atoms with Crippen LogP contribution in [0, 0.1) is 0 Å². The highest BCUT2D eigenvalue weighted by Crippen LogP contribution is 2.14. The van der Waals surface area contributed by atoms with Gasteiger partial charge in [-0.2, -0.15) is 0 Å². The van der Waals surface area contributed by atoms with Crippen molar-refractivity contribution in [2.75, 3.05) is 19.8 Å². The van der Waals surface area contributed by atoms with Gasteiger partial charge in [-0.05, 0) is 6.42 Å². The number of hydrogen-bond acceptors (Lipinski definition) is 3. The predicted molar refractivity (Wildman–Crippen MR) is 37.7 cm³/mol. The summed E-state index contributed by atoms with van der Waals surface area (Å²) in [5.74, 6) is -1.08. The second kappa shape index (κ2) is 4.37. The monoisotopic (exact) mass is 178 g/mol. The van der Waals surface area contributed by atoms with Gasteiger partial charge in [0.1, 0.15) is 12.8 Å². The van der Waals surface area contributed by atoms with E-state index in [2.05, 4.69) is 0 Å². The molecule has 1 aliphatic heterocycles. The maximum atomic E-state index is 12.9. The lowest BCUT2D eigenvalue weighted by Gasteiger charge is -2.25. The van der Waals surface area contributed by atoms with Crippen molar-refractivity contribution in [3.8, 4) is 0 Å². The zero-order chi connectivity index (χ0) is 8.97. The zero-order valence-corrected chi connectivity index (χ0v) is 6.53. The number of rotatable bonds is 3. The average molecular weight is 178 g/mol. The van der Waals surface area contributed by atoms with Crippen LogP contribution < -0.4 is 0 Å². The summed E-state index contributed by atoms with van der Waals surface area (Å²) in [6, 6.07) is 0. The number of aliphatic carboxylic acids is 1. The van der Waals surface area contributed by atoms with Crippen LogP contribution in [0.2, 0.25) is 0 Å². The molecule has 1 saturated heterocycles. The highest BCUT2D eigenvalue weighted by molar-refractivity contribution is 5.68. The normalized spacial score (nSPS) is 30.1. The minimum absolute atomic E-state index is 0.00425. The summed E-state index contributed by atoms with van der Waals surface area (Å²) >= 11 is 0. The van der Waals surface area contributed by atoms with Crippen molar-refractivity contribution in [1.82, 2.24) is 0 Å². The fourth-order valence-electron chi connectivity index (χ4n) is 1.05. The van der Waals surface area contributed by atoms with Crippen molar-refractivity contribution in [2.45, 2.75) is 18.7 Å². The second-order valence-corrected chi connectivity index (χ2v) is 2.62. The highest BCUT2D eigenvalue weighted by atomic mass is 19.1. The van der Waals surface area contributed by atoms with E-state index in [9.17, 15) is 9.18 Å². The molecule has 0 radical (unpaired) electrons. The molecule has 0 aromatic carbocycles. The summed E-state index contributed by atoms with van der Waals surface area (Å²) in [6.07, 6.45) is -1.39. The van der Waals surface area contributed by atoms with Gasteiger partial charge in [0.25, 0.3) is 0 Å². The van der Waals surface area contributed by atoms with Gasteiger partial charge >= 0.3 is 5.97 Å². The molecule has 1 heterocycles. The van der Waals surface area contributed by atoms with Gasteiger partial charge in [0, 0.05) is 6.61 Å². The van der Waals surface area contributed by atoms with E-state index in [1.807, 2.05) is 0 Å². The van der Waals surface area contributed by atoms with E-state index in [0.717, 1.165) is 0 Å². The Morgan fingerprint density at radius 1 is 1.75 bits per heavy atom. The summed E-state index contributed by atoms with van der Waals surface area (Å²) in [4.78, 5) is 10.1. The fraction of sp³-hybridized carbons (Fsp3) is 0.857. The van der Waals surface area contributed by atoms with Gasteiger partial charge in [-0.1, -0.05) is 0 Å². The van der Waals surface area contributed by atoms with Crippen LogP contribution in [-0.4, -0.2) is 43.2 Å². The topological polar surface area (TPSA) is 55.8 Å². The molecular formula is C7H11FO4. The van der Waals surface area contributed by atoms with Crippen molar-refractivity contribution in [2.24, 2.45) is 0 Å². The average Bonchev–Trinajstić information content (AvgIpc) is 2.03. The van der Waals surface area contributed by atoms with Gasteiger partial charge in [0.15, 0.2) is 0 Å². The van der Waals surface area contributed by atoms with Gasteiger partial charge < -0.3 is 14.6 Å². The van der Waals surface area contributed by atoms with Crippen LogP contribution in [0.3, 0.4) is 0 Å². The van der Waals surface area contributed by atoms with E-state index in [1.54, 1.807) is 0 Å². The minimum atomic E-state index is -1.20. The Bertz CT molecular complexity index is 161. The van der Waals surface area contributed by atoms with Gasteiger partial charge in [-0.15, -0.1) is 0 Å². The van der Waals surface area contributed by atoms with Crippen molar-refractivity contribution >= 4 is 5.97 Å². The van der Waals surface area contributed by atoms with Crippen molar-refractivity contribution in [3.05, 3.63) is 0 Å². The van der Waals surface area contributed by atoms with Gasteiger partial charge in [-0.3, -0.25) is 0 Å². The molecule has 0 saturated carbocycles. The molecule has 4 nitrogen and oxygen atoms in total. The second-order valence-electron chi connectivity index (χ2n) is 2.62. The van der Waals surface area contributed by atoms with Crippen LogP contribution >= 0.6 is 0 Å². The lowest BCUT2D eigenvalue weighted by Crippen LogP contribution is -2.36. The summed E-state index contributed by atoms with van der Waals surface area (Å²) < 4.78 is 22.5. The number of halogens is 1. The maximum Gasteiger partial charge on any atom is 0.329 e. The fourth-order valence-corrected chi connectivity index (χ4v) is 1.05. The molecule has 5 heteroatoms. The van der Waals surface area contributed by atoms with E-state index < -0.39 is 24.9 Å². The van der Waals surface area contributed by atoms with E-state index in [0.29, 0.717) is 13.0 Å². The molecule has 70 valence electrons. The Balaban J connectivity index is 2.24. The number of alkyl halides is 1. The van der Waals surface area contributed by atoms with Crippen molar-refractivity contribution in [3.63, 3.8) is 0 Å². The van der Waals surface area contributed by atoms with Gasteiger partial charge in [-0.25, -0.2) is 9.18 Å². The summed E-state index contributed by atoms with van der Waals surface area (Å²) in [7, 11) is 0. The van der Waals surface area contributed by atoms with Gasteiger partial charge in [0.05, 0.1) is 12.7 Å². The molecular weight excluding hydrogens is 167 g/mol. The number of carboxylic acids is 1. The molecule has 0 spiro atoms. The Morgan fingerprint density at radius 2 is 2.50 bits per heavy atom. The largest absolute Gasteiger partial charge is 0.480 e. The molecule has 0 bridgehead atoms. The number of carbonyl (C=O) groups is 1. The lowest BCUT2D eigenvalue weighted by molar-refractivity contribution is -0.150. The predicted octanol–water partition coefficient (Wildman–Crippen LogP) is 0.215. The van der Waals surface area contributed by atoms with Crippen LogP contribution in [0.25, 0.3) is 0 Å². The standard InChI is InChI=1S/C7H11FO4/c8-5-3-11-2-1-6(5)12-4-7(9)10/h5-6H,1-4H2,(H,9,10)/t5-,6+/m1/s1. The van der Waals surface area contributed by atoms with Crippen LogP contribution in [0.4, 0.5) is 4.39 Å². The smallest absolute Gasteiger partial charge is 0.329 e. The number of hydrogen-bond donors (Lipinski definition) is 1. The molecule has 0 aromatic heterocycles. The molecule has 2 atom stereocenters. The first-order valence-corrected chi connectivity index (χ1v) is 3.75. The van der Waals surface area contributed by atoms with E-state index in [-0.39, 0.29) is 6.61 Å². The Morgan fingerprint density at radius 3 is 3.08 bits per heavy atom. The quantitative estimate of drug-likeness (QED) is 0.671. The van der Waals surface area contributed by atoms with Crippen molar-refractivity contribution in [1.29, 1.82) is 0 Å². The SMILES string of the molecule is O=C(O)CO[C@H]1CCOC[C@H]1F. The van der Waals surface area contributed by atoms with Crippen LogP contribution in [0.5, 0.6) is 0 Å². The molecule has 0 aliphatic carbocycles. The molecule has 1 rings (SSSR count). The number of ether oxygens (including phenoxy) is 2. The zero-order valence-electron chi connectivity index (χ0n) is 6.53. The third-order valence-electron chi connectivity index (χ3n) is 1.65. The van der Waals surface area contributed by atoms with Crippen LogP contribution in [0.15, 0.2) is 0 Å². The van der Waals surface area contributed by atoms with Crippen LogP contribution in [-0.2, 0) is 14.3 Å². The third kappa shape index (κ3) is 2.75. The van der Waals surface area contributed by atoms with E-state index in [4.69, 9.17) is 14.6 Å². The molecule has 0 unspecified atom stereocenters. The molecule has 1 aliphatic rings. The highest BCUT2D eigenvalue weighted by Gasteiger charge is 2.26. The molecule has 0 aromatic rings. The lowest BCUT2D eigenvalue weighted by atomic mass is 10.1. The number of carboxylic acid groups (broad SMARTS) is 1. The third-order valence-corrected chi connectivity index (χ3v) is 1.65. The summed E-state index contributed by atoms with van der Waals surface area (Å²) in [5, 5.41) is 8.25. The molecule has 1 N–H and O–H groups in total. The van der Waals surface area contributed by atoms with Crippen molar-refractivity contribution < 1.29 is 23.8 Å². The maximum absolute atomic E-state index is 12.9. The summed E-state index contributed by atoms with van der Waals surface area (Å²) in [5.41, 5.74) is 0. The summed E-state index contributed by atoms with van der Waals surface area (Å²) in [6.45, 7) is 0.0000775. The Hall–Kier alpha value is -0.680. The first-order chi connectivity index (χ1) is 5.70. The first kappa shape index (κ1) is 9.41. The molecule has 0 amide bonds. The first-order valence-electron chi connectivity index (χ1n) is 3.75. The minimum Gasteiger partial charge on any atom is -0.480 e. The Labute approximate surface area is 69.3 Å². The molecule has 1 fully saturated rings. The van der Waals surface area contributed by atoms with E-state index in [1.165, 1.54) is 0 Å². The van der Waals surface area contributed by atoms with E-state index >= 15 is 0 Å². The Kier molecular flexibility index (Phi) is 3.43.